The predicted octanol–water partition coefficient (Wildman–Crippen LogP) is 1.23. The van der Waals surface area contributed by atoms with Crippen molar-refractivity contribution in [2.24, 2.45) is 0 Å². The summed E-state index contributed by atoms with van der Waals surface area (Å²) < 4.78 is 23.9. The summed E-state index contributed by atoms with van der Waals surface area (Å²) in [5, 5.41) is 8.79. The first kappa shape index (κ1) is 20.1. The second kappa shape index (κ2) is 10.1. The van der Waals surface area contributed by atoms with Crippen molar-refractivity contribution in [2.45, 2.75) is 18.9 Å². The normalized spacial score (nSPS) is 17.3. The Morgan fingerprint density at radius 2 is 2.12 bits per heavy atom. The average Bonchev–Trinajstić information content (AvgIpc) is 2.59. The van der Waals surface area contributed by atoms with Crippen molar-refractivity contribution in [3.63, 3.8) is 0 Å². The Morgan fingerprint density at radius 1 is 1.38 bits per heavy atom. The van der Waals surface area contributed by atoms with E-state index in [9.17, 15) is 14.0 Å². The van der Waals surface area contributed by atoms with Crippen LogP contribution in [0, 0.1) is 5.82 Å². The number of rotatable bonds is 9. The number of benzene rings is 1. The summed E-state index contributed by atoms with van der Waals surface area (Å²) in [6.07, 6.45) is 0.739. The summed E-state index contributed by atoms with van der Waals surface area (Å²) in [5.41, 5.74) is 0. The minimum Gasteiger partial charge on any atom is -0.494 e. The lowest BCUT2D eigenvalue weighted by molar-refractivity contribution is -0.142. The molecule has 1 aliphatic rings. The van der Waals surface area contributed by atoms with Crippen molar-refractivity contribution >= 4 is 11.9 Å². The van der Waals surface area contributed by atoms with Crippen LogP contribution in [0.4, 0.5) is 4.39 Å². The highest BCUT2D eigenvalue weighted by Crippen LogP contribution is 2.13. The molecule has 1 aliphatic heterocycles. The Balaban J connectivity index is 1.67. The molecule has 1 aromatic carbocycles. The molecule has 1 fully saturated rings. The van der Waals surface area contributed by atoms with Gasteiger partial charge in [-0.1, -0.05) is 0 Å². The quantitative estimate of drug-likeness (QED) is 0.661. The predicted molar refractivity (Wildman–Crippen MR) is 92.6 cm³/mol. The van der Waals surface area contributed by atoms with E-state index in [2.05, 4.69) is 0 Å². The molecule has 7 nitrogen and oxygen atoms in total. The number of aliphatic carboxylic acids is 1. The van der Waals surface area contributed by atoms with Crippen molar-refractivity contribution in [1.82, 2.24) is 9.80 Å². The highest BCUT2D eigenvalue weighted by molar-refractivity contribution is 5.76. The van der Waals surface area contributed by atoms with E-state index in [4.69, 9.17) is 14.6 Å². The maximum absolute atomic E-state index is 12.8. The third-order valence-electron chi connectivity index (χ3n) is 4.03. The Labute approximate surface area is 152 Å². The van der Waals surface area contributed by atoms with Gasteiger partial charge in [0.05, 0.1) is 25.9 Å². The van der Waals surface area contributed by atoms with Crippen LogP contribution in [0.25, 0.3) is 0 Å². The molecule has 0 radical (unpaired) electrons. The maximum atomic E-state index is 12.8. The summed E-state index contributed by atoms with van der Waals surface area (Å²) in [6.45, 7) is 2.23. The summed E-state index contributed by atoms with van der Waals surface area (Å²) in [7, 11) is 1.71. The Morgan fingerprint density at radius 3 is 2.81 bits per heavy atom. The zero-order chi connectivity index (χ0) is 18.9. The van der Waals surface area contributed by atoms with E-state index in [1.165, 1.54) is 12.1 Å². The topological polar surface area (TPSA) is 79.3 Å². The smallest absolute Gasteiger partial charge is 0.317 e. The standard InChI is InChI=1S/C18H25FN2O5/c1-20(13-18(23)24)11-16-12-21(8-10-26-16)17(22)3-2-9-25-15-6-4-14(19)5-7-15/h4-7,16H,2-3,8-13H2,1H3,(H,23,24). The van der Waals surface area contributed by atoms with Gasteiger partial charge in [0.2, 0.25) is 5.91 Å². The molecule has 1 aromatic rings. The molecule has 1 saturated heterocycles. The second-order valence-corrected chi connectivity index (χ2v) is 6.33. The number of hydrogen-bond acceptors (Lipinski definition) is 5. The molecule has 8 heteroatoms. The fraction of sp³-hybridized carbons (Fsp3) is 0.556. The van der Waals surface area contributed by atoms with Crippen LogP contribution in [-0.4, -0.2) is 79.3 Å². The SMILES string of the molecule is CN(CC(=O)O)CC1CN(C(=O)CCCOc2ccc(F)cc2)CCO1. The van der Waals surface area contributed by atoms with Crippen molar-refractivity contribution < 1.29 is 28.6 Å². The van der Waals surface area contributed by atoms with Crippen LogP contribution in [0.2, 0.25) is 0 Å². The number of amides is 1. The lowest BCUT2D eigenvalue weighted by atomic mass is 10.2. The maximum Gasteiger partial charge on any atom is 0.317 e. The average molecular weight is 368 g/mol. The fourth-order valence-corrected chi connectivity index (χ4v) is 2.80. The van der Waals surface area contributed by atoms with E-state index in [0.29, 0.717) is 51.4 Å². The number of nitrogens with zero attached hydrogens (tertiary/aromatic N) is 2. The van der Waals surface area contributed by atoms with Crippen LogP contribution < -0.4 is 4.74 Å². The van der Waals surface area contributed by atoms with Crippen molar-refractivity contribution in [3.8, 4) is 5.75 Å². The number of halogens is 1. The number of carboxylic acids is 1. The number of hydrogen-bond donors (Lipinski definition) is 1. The molecule has 1 amide bonds. The van der Waals surface area contributed by atoms with Crippen LogP contribution in [0.5, 0.6) is 5.75 Å². The molecule has 0 bridgehead atoms. The zero-order valence-electron chi connectivity index (χ0n) is 14.9. The molecule has 1 N–H and O–H groups in total. The molecule has 144 valence electrons. The van der Waals surface area contributed by atoms with Gasteiger partial charge in [-0.15, -0.1) is 0 Å². The highest BCUT2D eigenvalue weighted by atomic mass is 19.1. The zero-order valence-corrected chi connectivity index (χ0v) is 14.9. The molecule has 1 unspecified atom stereocenters. The summed E-state index contributed by atoms with van der Waals surface area (Å²) in [6, 6.07) is 5.76. The van der Waals surface area contributed by atoms with Gasteiger partial charge >= 0.3 is 5.97 Å². The first-order chi connectivity index (χ1) is 12.4. The van der Waals surface area contributed by atoms with E-state index >= 15 is 0 Å². The Kier molecular flexibility index (Phi) is 7.80. The largest absolute Gasteiger partial charge is 0.494 e. The third kappa shape index (κ3) is 6.97. The summed E-state index contributed by atoms with van der Waals surface area (Å²) in [5.74, 6) is -0.602. The number of morpholine rings is 1. The molecule has 1 atom stereocenters. The molecule has 26 heavy (non-hydrogen) atoms. The van der Waals surface area contributed by atoms with Gasteiger partial charge in [-0.25, -0.2) is 4.39 Å². The van der Waals surface area contributed by atoms with E-state index in [1.54, 1.807) is 29.0 Å². The number of ether oxygens (including phenoxy) is 2. The van der Waals surface area contributed by atoms with Crippen molar-refractivity contribution in [3.05, 3.63) is 30.1 Å². The van der Waals surface area contributed by atoms with Gasteiger partial charge in [0.1, 0.15) is 11.6 Å². The molecule has 2 rings (SSSR count). The van der Waals surface area contributed by atoms with E-state index in [1.807, 2.05) is 0 Å². The molecule has 0 aliphatic carbocycles. The lowest BCUT2D eigenvalue weighted by Gasteiger charge is -2.34. The van der Waals surface area contributed by atoms with Crippen molar-refractivity contribution in [2.75, 3.05) is 46.4 Å². The molecule has 1 heterocycles. The molecule has 0 aromatic heterocycles. The van der Waals surface area contributed by atoms with Crippen molar-refractivity contribution in [1.29, 1.82) is 0 Å². The van der Waals surface area contributed by atoms with Gasteiger partial charge in [0, 0.05) is 26.1 Å². The van der Waals surface area contributed by atoms with Crippen LogP contribution in [-0.2, 0) is 14.3 Å². The first-order valence-electron chi connectivity index (χ1n) is 8.62. The summed E-state index contributed by atoms with van der Waals surface area (Å²) in [4.78, 5) is 26.4. The van der Waals surface area contributed by atoms with E-state index in [-0.39, 0.29) is 24.4 Å². The van der Waals surface area contributed by atoms with E-state index in [0.717, 1.165) is 0 Å². The van der Waals surface area contributed by atoms with Crippen LogP contribution in [0.15, 0.2) is 24.3 Å². The van der Waals surface area contributed by atoms with Gasteiger partial charge in [-0.3, -0.25) is 14.5 Å². The third-order valence-corrected chi connectivity index (χ3v) is 4.03. The molecular weight excluding hydrogens is 343 g/mol. The number of likely N-dealkylation sites (N-methyl/N-ethyl adjacent to an activating group) is 1. The Bertz CT molecular complexity index is 596. The van der Waals surface area contributed by atoms with Gasteiger partial charge in [0.15, 0.2) is 0 Å². The van der Waals surface area contributed by atoms with E-state index < -0.39 is 5.97 Å². The van der Waals surface area contributed by atoms with Crippen LogP contribution in [0.1, 0.15) is 12.8 Å². The molecular formula is C18H25FN2O5. The molecule has 0 spiro atoms. The van der Waals surface area contributed by atoms with Gasteiger partial charge < -0.3 is 19.5 Å². The molecule has 0 saturated carbocycles. The van der Waals surface area contributed by atoms with Gasteiger partial charge in [-0.05, 0) is 37.7 Å². The summed E-state index contributed by atoms with van der Waals surface area (Å²) >= 11 is 0. The van der Waals surface area contributed by atoms with Crippen LogP contribution >= 0.6 is 0 Å². The van der Waals surface area contributed by atoms with Gasteiger partial charge in [-0.2, -0.15) is 0 Å². The van der Waals surface area contributed by atoms with Crippen LogP contribution in [0.3, 0.4) is 0 Å². The number of carbonyl (C=O) groups is 2. The number of carboxylic acid groups (broad SMARTS) is 1. The van der Waals surface area contributed by atoms with Gasteiger partial charge in [0.25, 0.3) is 0 Å². The fourth-order valence-electron chi connectivity index (χ4n) is 2.80. The number of carbonyl (C=O) groups excluding carboxylic acids is 1. The Hall–Kier alpha value is -2.19. The minimum atomic E-state index is -0.891. The first-order valence-corrected chi connectivity index (χ1v) is 8.62. The monoisotopic (exact) mass is 368 g/mol. The lowest BCUT2D eigenvalue weighted by Crippen LogP contribution is -2.49. The minimum absolute atomic E-state index is 0.0295. The second-order valence-electron chi connectivity index (χ2n) is 6.33. The highest BCUT2D eigenvalue weighted by Gasteiger charge is 2.25.